The number of primary sulfonamides is 1. The summed E-state index contributed by atoms with van der Waals surface area (Å²) in [5.41, 5.74) is 0.655. The third kappa shape index (κ3) is 3.75. The predicted molar refractivity (Wildman–Crippen MR) is 108 cm³/mol. The molecule has 0 atom stereocenters. The third-order valence-electron chi connectivity index (χ3n) is 4.01. The van der Waals surface area contributed by atoms with E-state index in [9.17, 15) is 18.3 Å². The zero-order valence-corrected chi connectivity index (χ0v) is 17.0. The number of nitrogens with zero attached hydrogens (tertiary/aromatic N) is 1. The van der Waals surface area contributed by atoms with Crippen LogP contribution in [0.15, 0.2) is 50.6 Å². The number of H-pyrrole nitrogens is 1. The summed E-state index contributed by atoms with van der Waals surface area (Å²) < 4.78 is 29.5. The van der Waals surface area contributed by atoms with Crippen LogP contribution in [0.5, 0.6) is 11.5 Å². The van der Waals surface area contributed by atoms with Gasteiger partial charge in [-0.3, -0.25) is 9.89 Å². The first-order valence-corrected chi connectivity index (χ1v) is 10.2. The maximum atomic E-state index is 12.8. The summed E-state index contributed by atoms with van der Waals surface area (Å²) >= 11 is 3.24. The Morgan fingerprint density at radius 2 is 1.93 bits per heavy atom. The van der Waals surface area contributed by atoms with Gasteiger partial charge in [0.2, 0.25) is 10.0 Å². The Balaban J connectivity index is 2.13. The van der Waals surface area contributed by atoms with E-state index in [1.165, 1.54) is 36.1 Å². The van der Waals surface area contributed by atoms with Crippen molar-refractivity contribution in [2.75, 3.05) is 7.11 Å². The lowest BCUT2D eigenvalue weighted by Gasteiger charge is -2.06. The van der Waals surface area contributed by atoms with Gasteiger partial charge in [-0.25, -0.2) is 18.2 Å². The van der Waals surface area contributed by atoms with Gasteiger partial charge in [-0.15, -0.1) is 0 Å². The summed E-state index contributed by atoms with van der Waals surface area (Å²) in [4.78, 5) is 12.8. The van der Waals surface area contributed by atoms with E-state index in [1.807, 2.05) is 0 Å². The van der Waals surface area contributed by atoms with E-state index in [2.05, 4.69) is 27.6 Å². The normalized spacial score (nSPS) is 12.3. The zero-order chi connectivity index (χ0) is 20.6. The van der Waals surface area contributed by atoms with Crippen molar-refractivity contribution in [1.82, 2.24) is 9.78 Å². The fourth-order valence-electron chi connectivity index (χ4n) is 2.61. The van der Waals surface area contributed by atoms with Crippen LogP contribution >= 0.6 is 15.9 Å². The van der Waals surface area contributed by atoms with Crippen molar-refractivity contribution < 1.29 is 18.3 Å². The Labute approximate surface area is 168 Å². The largest absolute Gasteiger partial charge is 0.503 e. The van der Waals surface area contributed by atoms with Crippen molar-refractivity contribution in [2.24, 2.45) is 5.14 Å². The van der Waals surface area contributed by atoms with Crippen molar-refractivity contribution in [1.29, 1.82) is 0 Å². The Hall–Kier alpha value is -2.82. The highest BCUT2D eigenvalue weighted by molar-refractivity contribution is 9.10. The van der Waals surface area contributed by atoms with E-state index < -0.39 is 10.0 Å². The monoisotopic (exact) mass is 465 g/mol. The van der Waals surface area contributed by atoms with Crippen molar-refractivity contribution in [3.05, 3.63) is 67.4 Å². The third-order valence-corrected chi connectivity index (χ3v) is 5.54. The number of ether oxygens (including phenoxy) is 1. The van der Waals surface area contributed by atoms with Gasteiger partial charge in [0, 0.05) is 0 Å². The first kappa shape index (κ1) is 19.9. The molecule has 0 saturated carbocycles. The van der Waals surface area contributed by atoms with Crippen LogP contribution in [0.4, 0.5) is 0 Å². The van der Waals surface area contributed by atoms with Crippen molar-refractivity contribution in [3.63, 3.8) is 0 Å². The van der Waals surface area contributed by atoms with Gasteiger partial charge in [-0.05, 0) is 64.0 Å². The lowest BCUT2D eigenvalue weighted by atomic mass is 10.1. The highest BCUT2D eigenvalue weighted by Gasteiger charge is 2.11. The highest BCUT2D eigenvalue weighted by Crippen LogP contribution is 2.35. The molecule has 0 spiro atoms. The van der Waals surface area contributed by atoms with Gasteiger partial charge < -0.3 is 9.84 Å². The molecule has 10 heteroatoms. The van der Waals surface area contributed by atoms with Crippen LogP contribution in [0.25, 0.3) is 18.3 Å². The van der Waals surface area contributed by atoms with Gasteiger partial charge in [0.05, 0.1) is 32.7 Å². The van der Waals surface area contributed by atoms with Crippen LogP contribution in [0.1, 0.15) is 5.56 Å². The Morgan fingerprint density at radius 1 is 1.29 bits per heavy atom. The summed E-state index contributed by atoms with van der Waals surface area (Å²) in [6.45, 7) is 3.85. The van der Waals surface area contributed by atoms with Gasteiger partial charge in [0.1, 0.15) is 0 Å². The molecule has 0 aliphatic rings. The molecule has 28 heavy (non-hydrogen) atoms. The maximum Gasteiger partial charge on any atom is 0.279 e. The molecule has 3 aromatic rings. The van der Waals surface area contributed by atoms with Crippen molar-refractivity contribution >= 4 is 38.6 Å². The van der Waals surface area contributed by atoms with Crippen LogP contribution in [0.2, 0.25) is 0 Å². The van der Waals surface area contributed by atoms with E-state index in [0.29, 0.717) is 26.3 Å². The first-order chi connectivity index (χ1) is 13.1. The molecule has 0 fully saturated rings. The average molecular weight is 466 g/mol. The average Bonchev–Trinajstić information content (AvgIpc) is 2.92. The number of methoxy groups -OCH3 is 1. The number of aromatic amines is 1. The predicted octanol–water partition coefficient (Wildman–Crippen LogP) is 0.529. The van der Waals surface area contributed by atoms with E-state index >= 15 is 0 Å². The number of hydrogen-bond donors (Lipinski definition) is 3. The van der Waals surface area contributed by atoms with E-state index in [4.69, 9.17) is 9.88 Å². The minimum atomic E-state index is -3.82. The van der Waals surface area contributed by atoms with Crippen LogP contribution in [0.3, 0.4) is 0 Å². The molecule has 0 aliphatic carbocycles. The lowest BCUT2D eigenvalue weighted by Crippen LogP contribution is -2.33. The number of phenolic OH excluding ortho intramolecular Hbond substituents is 1. The van der Waals surface area contributed by atoms with Crippen LogP contribution in [-0.2, 0) is 10.0 Å². The molecule has 146 valence electrons. The number of phenols is 1. The van der Waals surface area contributed by atoms with Crippen molar-refractivity contribution in [3.8, 4) is 17.2 Å². The number of nitrogens with two attached hydrogens (primary N) is 1. The molecular formula is C18H16BrN3O5S. The molecule has 4 N–H and O–H groups in total. The minimum Gasteiger partial charge on any atom is -0.503 e. The van der Waals surface area contributed by atoms with Crippen LogP contribution in [0, 0.1) is 0 Å². The second-order valence-electron chi connectivity index (χ2n) is 5.88. The number of nitrogens with one attached hydrogen (secondary N) is 1. The Morgan fingerprint density at radius 3 is 2.50 bits per heavy atom. The fraction of sp³-hybridized carbons (Fsp3) is 0.0556. The molecular weight excluding hydrogens is 450 g/mol. The number of halogens is 1. The van der Waals surface area contributed by atoms with Crippen LogP contribution < -0.4 is 26.0 Å². The van der Waals surface area contributed by atoms with E-state index in [1.54, 1.807) is 18.2 Å². The number of sulfonamides is 1. The fourth-order valence-corrected chi connectivity index (χ4v) is 3.59. The van der Waals surface area contributed by atoms with Gasteiger partial charge >= 0.3 is 0 Å². The summed E-state index contributed by atoms with van der Waals surface area (Å²) in [6, 6.07) is 8.76. The number of aromatic hydroxyl groups is 1. The van der Waals surface area contributed by atoms with E-state index in [0.717, 1.165) is 0 Å². The number of rotatable bonds is 4. The number of aromatic nitrogens is 2. The molecule has 0 saturated heterocycles. The summed E-state index contributed by atoms with van der Waals surface area (Å²) in [6.07, 6.45) is 1.60. The Kier molecular flexibility index (Phi) is 5.20. The zero-order valence-electron chi connectivity index (χ0n) is 14.6. The smallest absolute Gasteiger partial charge is 0.279 e. The van der Waals surface area contributed by atoms with Crippen LogP contribution in [-0.4, -0.2) is 30.4 Å². The highest BCUT2D eigenvalue weighted by atomic mass is 79.9. The quantitative estimate of drug-likeness (QED) is 0.517. The molecule has 0 amide bonds. The first-order valence-electron chi connectivity index (χ1n) is 7.83. The van der Waals surface area contributed by atoms with Crippen molar-refractivity contribution in [2.45, 2.75) is 4.90 Å². The summed E-state index contributed by atoms with van der Waals surface area (Å²) in [7, 11) is -2.40. The lowest BCUT2D eigenvalue weighted by molar-refractivity contribution is 0.372. The molecule has 1 aromatic heterocycles. The summed E-state index contributed by atoms with van der Waals surface area (Å²) in [5, 5.41) is 18.5. The Bertz CT molecular complexity index is 1330. The molecule has 0 radical (unpaired) electrons. The molecule has 2 aromatic carbocycles. The maximum absolute atomic E-state index is 12.8. The topological polar surface area (TPSA) is 127 Å². The van der Waals surface area contributed by atoms with Gasteiger partial charge in [-0.1, -0.05) is 6.58 Å². The van der Waals surface area contributed by atoms with E-state index in [-0.39, 0.29) is 22.0 Å². The van der Waals surface area contributed by atoms with Gasteiger partial charge in [0.25, 0.3) is 5.56 Å². The molecule has 0 unspecified atom stereocenters. The summed E-state index contributed by atoms with van der Waals surface area (Å²) in [5.74, 6) is 0.205. The molecule has 3 rings (SSSR count). The minimum absolute atomic E-state index is 0.0454. The van der Waals surface area contributed by atoms with Gasteiger partial charge in [0.15, 0.2) is 11.5 Å². The van der Waals surface area contributed by atoms with Gasteiger partial charge in [-0.2, -0.15) is 0 Å². The number of hydrogen-bond acceptors (Lipinski definition) is 5. The SMILES string of the molecule is C=c1[nH]n(-c2ccc(S(N)(=O)=O)cc2)c(=O)/c1=C\c1cc(Br)c(O)c(OC)c1. The molecule has 0 aliphatic heterocycles. The number of benzene rings is 2. The molecule has 8 nitrogen and oxygen atoms in total. The second-order valence-corrected chi connectivity index (χ2v) is 8.30. The molecule has 0 bridgehead atoms. The second kappa shape index (κ2) is 7.30. The molecule has 1 heterocycles. The standard InChI is InChI=1S/C18H16BrN3O5S/c1-10-14(7-11-8-15(19)17(23)16(9-11)27-2)18(24)22(21-10)12-3-5-13(6-4-12)28(20,25)26/h3-9,21,23H,1H2,2H3,(H2,20,25,26)/b14-7-.